The molecule has 1 rings (SSSR count). The summed E-state index contributed by atoms with van der Waals surface area (Å²) in [5.74, 6) is -0.841. The first-order valence-electron chi connectivity index (χ1n) is 4.07. The van der Waals surface area contributed by atoms with Crippen LogP contribution in [0.5, 0.6) is 5.75 Å². The van der Waals surface area contributed by atoms with Gasteiger partial charge in [-0.05, 0) is 9.91 Å². The molecule has 0 saturated heterocycles. The fraction of sp³-hybridized carbons (Fsp3) is 0.375. The van der Waals surface area contributed by atoms with E-state index in [-0.39, 0.29) is 22.3 Å². The average molecular weight is 297 g/mol. The van der Waals surface area contributed by atoms with Crippen molar-refractivity contribution in [1.82, 2.24) is 4.98 Å². The molecule has 0 N–H and O–H groups in total. The third kappa shape index (κ3) is 2.43. The summed E-state index contributed by atoms with van der Waals surface area (Å²) in [7, 11) is 1.16. The van der Waals surface area contributed by atoms with Gasteiger partial charge in [0.15, 0.2) is 5.69 Å². The molecule has 0 unspecified atom stereocenters. The van der Waals surface area contributed by atoms with Gasteiger partial charge in [-0.15, -0.1) is 0 Å². The Hall–Kier alpha value is -1.31. The van der Waals surface area contributed by atoms with Crippen molar-refractivity contribution in [1.29, 1.82) is 0 Å². The minimum Gasteiger partial charge on any atom is -0.489 e. The lowest BCUT2D eigenvalue weighted by Gasteiger charge is -2.06. The number of hydrogen-bond donors (Lipinski definition) is 0. The van der Waals surface area contributed by atoms with E-state index >= 15 is 0 Å². The van der Waals surface area contributed by atoms with Crippen molar-refractivity contribution in [2.45, 2.75) is 11.8 Å². The van der Waals surface area contributed by atoms with Crippen LogP contribution in [0, 0.1) is 10.1 Å². The van der Waals surface area contributed by atoms with Crippen molar-refractivity contribution < 1.29 is 18.4 Å². The monoisotopic (exact) mass is 296 g/mol. The summed E-state index contributed by atoms with van der Waals surface area (Å²) < 4.78 is 29.8. The third-order valence-corrected chi connectivity index (χ3v) is 2.37. The van der Waals surface area contributed by atoms with Crippen molar-refractivity contribution in [3.8, 4) is 5.75 Å². The Bertz CT molecular complexity index is 415. The highest BCUT2D eigenvalue weighted by Gasteiger charge is 2.26. The Morgan fingerprint density at radius 3 is 2.69 bits per heavy atom. The SMILES string of the molecule is COc1cc(C(F)F)c(CBr)nc1[N+](=O)[O-]. The maximum atomic E-state index is 12.6. The van der Waals surface area contributed by atoms with E-state index in [4.69, 9.17) is 0 Å². The second kappa shape index (κ2) is 5.15. The number of aromatic nitrogens is 1. The number of halogens is 3. The highest BCUT2D eigenvalue weighted by atomic mass is 79.9. The van der Waals surface area contributed by atoms with Crippen molar-refractivity contribution in [2.75, 3.05) is 7.11 Å². The van der Waals surface area contributed by atoms with Crippen LogP contribution in [0.2, 0.25) is 0 Å². The summed E-state index contributed by atoms with van der Waals surface area (Å²) in [6, 6.07) is 0.937. The largest absolute Gasteiger partial charge is 0.489 e. The summed E-state index contributed by atoms with van der Waals surface area (Å²) in [5, 5.41) is 10.6. The van der Waals surface area contributed by atoms with Crippen LogP contribution in [0.1, 0.15) is 17.7 Å². The molecular weight excluding hydrogens is 290 g/mol. The summed E-state index contributed by atoms with van der Waals surface area (Å²) >= 11 is 2.95. The zero-order chi connectivity index (χ0) is 12.3. The summed E-state index contributed by atoms with van der Waals surface area (Å²) in [6.45, 7) is 0. The van der Waals surface area contributed by atoms with Crippen LogP contribution < -0.4 is 4.74 Å². The van der Waals surface area contributed by atoms with Crippen LogP contribution in [0.25, 0.3) is 0 Å². The Morgan fingerprint density at radius 2 is 2.31 bits per heavy atom. The number of nitro groups is 1. The molecule has 0 spiro atoms. The minimum atomic E-state index is -2.75. The highest BCUT2D eigenvalue weighted by molar-refractivity contribution is 9.08. The molecule has 0 aliphatic carbocycles. The number of hydrogen-bond acceptors (Lipinski definition) is 4. The molecule has 0 aliphatic heterocycles. The molecule has 16 heavy (non-hydrogen) atoms. The van der Waals surface area contributed by atoms with Gasteiger partial charge in [0.25, 0.3) is 6.43 Å². The van der Waals surface area contributed by atoms with Gasteiger partial charge in [-0.1, -0.05) is 15.9 Å². The van der Waals surface area contributed by atoms with E-state index in [1.807, 2.05) is 0 Å². The number of pyridine rings is 1. The molecule has 0 saturated carbocycles. The quantitative estimate of drug-likeness (QED) is 0.487. The Balaban J connectivity index is 3.40. The minimum absolute atomic E-state index is 0.0114. The molecule has 0 fully saturated rings. The van der Waals surface area contributed by atoms with E-state index in [9.17, 15) is 18.9 Å². The average Bonchev–Trinajstić information content (AvgIpc) is 2.26. The van der Waals surface area contributed by atoms with Gasteiger partial charge in [0.1, 0.15) is 0 Å². The topological polar surface area (TPSA) is 65.3 Å². The lowest BCUT2D eigenvalue weighted by atomic mass is 10.2. The van der Waals surface area contributed by atoms with Gasteiger partial charge in [-0.25, -0.2) is 8.78 Å². The fourth-order valence-corrected chi connectivity index (χ4v) is 1.56. The summed E-state index contributed by atoms with van der Waals surface area (Å²) in [6.07, 6.45) is -2.75. The van der Waals surface area contributed by atoms with Gasteiger partial charge in [0.05, 0.1) is 18.0 Å². The molecule has 1 heterocycles. The van der Waals surface area contributed by atoms with Crippen molar-refractivity contribution in [3.63, 3.8) is 0 Å². The number of ether oxygens (including phenoxy) is 1. The van der Waals surface area contributed by atoms with Gasteiger partial charge in [0, 0.05) is 6.07 Å². The van der Waals surface area contributed by atoms with Crippen LogP contribution in [-0.4, -0.2) is 17.0 Å². The van der Waals surface area contributed by atoms with Crippen LogP contribution in [-0.2, 0) is 5.33 Å². The van der Waals surface area contributed by atoms with Gasteiger partial charge < -0.3 is 14.9 Å². The van der Waals surface area contributed by atoms with Crippen molar-refractivity contribution in [3.05, 3.63) is 27.4 Å². The zero-order valence-electron chi connectivity index (χ0n) is 8.11. The van der Waals surface area contributed by atoms with E-state index in [1.54, 1.807) is 0 Å². The predicted octanol–water partition coefficient (Wildman–Crippen LogP) is 2.83. The van der Waals surface area contributed by atoms with Crippen LogP contribution in [0.3, 0.4) is 0 Å². The third-order valence-electron chi connectivity index (χ3n) is 1.84. The normalized spacial score (nSPS) is 10.6. The van der Waals surface area contributed by atoms with E-state index in [0.717, 1.165) is 13.2 Å². The Morgan fingerprint density at radius 1 is 1.69 bits per heavy atom. The number of rotatable bonds is 4. The molecule has 0 amide bonds. The van der Waals surface area contributed by atoms with Gasteiger partial charge >= 0.3 is 5.82 Å². The second-order valence-corrected chi connectivity index (χ2v) is 3.30. The molecule has 1 aromatic heterocycles. The molecule has 0 aromatic carbocycles. The van der Waals surface area contributed by atoms with E-state index in [0.29, 0.717) is 0 Å². The summed E-state index contributed by atoms with van der Waals surface area (Å²) in [5.41, 5.74) is -0.443. The maximum absolute atomic E-state index is 12.6. The fourth-order valence-electron chi connectivity index (χ4n) is 1.11. The van der Waals surface area contributed by atoms with Gasteiger partial charge in [-0.3, -0.25) is 0 Å². The van der Waals surface area contributed by atoms with Gasteiger partial charge in [-0.2, -0.15) is 0 Å². The molecule has 0 atom stereocenters. The van der Waals surface area contributed by atoms with E-state index in [1.165, 1.54) is 0 Å². The molecule has 0 bridgehead atoms. The smallest absolute Gasteiger partial charge is 0.406 e. The molecule has 1 aromatic rings. The zero-order valence-corrected chi connectivity index (χ0v) is 9.70. The Labute approximate surface area is 97.7 Å². The first-order valence-corrected chi connectivity index (χ1v) is 5.19. The first kappa shape index (κ1) is 12.8. The van der Waals surface area contributed by atoms with Crippen LogP contribution >= 0.6 is 15.9 Å². The standard InChI is InChI=1S/C8H7BrF2N2O3/c1-16-6-2-4(7(10)11)5(3-9)12-8(6)13(14)15/h2,7H,3H2,1H3. The second-order valence-electron chi connectivity index (χ2n) is 2.74. The number of nitrogens with zero attached hydrogens (tertiary/aromatic N) is 2. The molecule has 88 valence electrons. The number of alkyl halides is 3. The van der Waals surface area contributed by atoms with Crippen molar-refractivity contribution in [2.24, 2.45) is 0 Å². The first-order chi connectivity index (χ1) is 7.51. The molecular formula is C8H7BrF2N2O3. The molecule has 0 radical (unpaired) electrons. The maximum Gasteiger partial charge on any atom is 0.406 e. The predicted molar refractivity (Wildman–Crippen MR) is 55.0 cm³/mol. The molecule has 8 heteroatoms. The van der Waals surface area contributed by atoms with E-state index in [2.05, 4.69) is 25.7 Å². The molecule has 0 aliphatic rings. The van der Waals surface area contributed by atoms with E-state index < -0.39 is 17.2 Å². The van der Waals surface area contributed by atoms with Crippen LogP contribution in [0.15, 0.2) is 6.07 Å². The van der Waals surface area contributed by atoms with Gasteiger partial charge in [0.2, 0.25) is 5.75 Å². The Kier molecular flexibility index (Phi) is 4.11. The highest BCUT2D eigenvalue weighted by Crippen LogP contribution is 2.32. The van der Waals surface area contributed by atoms with Crippen molar-refractivity contribution >= 4 is 21.7 Å². The summed E-state index contributed by atoms with van der Waals surface area (Å²) in [4.78, 5) is 13.3. The van der Waals surface area contributed by atoms with Crippen LogP contribution in [0.4, 0.5) is 14.6 Å². The number of methoxy groups -OCH3 is 1. The molecule has 5 nitrogen and oxygen atoms in total. The lowest BCUT2D eigenvalue weighted by molar-refractivity contribution is -0.390. The lowest BCUT2D eigenvalue weighted by Crippen LogP contribution is -2.03.